The van der Waals surface area contributed by atoms with Crippen LogP contribution in [0.5, 0.6) is 5.75 Å². The van der Waals surface area contributed by atoms with Crippen molar-refractivity contribution in [2.45, 2.75) is 57.1 Å². The van der Waals surface area contributed by atoms with E-state index in [9.17, 15) is 5.11 Å². The van der Waals surface area contributed by atoms with Crippen LogP contribution in [0.15, 0.2) is 18.2 Å². The zero-order valence-electron chi connectivity index (χ0n) is 13.7. The second-order valence-electron chi connectivity index (χ2n) is 7.70. The van der Waals surface area contributed by atoms with Crippen LogP contribution in [0.1, 0.15) is 44.2 Å². The first-order chi connectivity index (χ1) is 10.6. The van der Waals surface area contributed by atoms with Crippen molar-refractivity contribution >= 4 is 0 Å². The molecule has 1 aromatic rings. The number of phenolic OH excluding ortho intramolecular Hbond substituents is 1. The fraction of sp³-hybridized carbons (Fsp3) is 0.684. The minimum Gasteiger partial charge on any atom is -0.508 e. The number of ether oxygens (including phenoxy) is 1. The highest BCUT2D eigenvalue weighted by Gasteiger charge is 2.48. The lowest BCUT2D eigenvalue weighted by Gasteiger charge is -2.55. The highest BCUT2D eigenvalue weighted by atomic mass is 16.5. The van der Waals surface area contributed by atoms with Crippen molar-refractivity contribution in [3.63, 3.8) is 0 Å². The SMILES string of the molecule is C[C@@H]1[C@@H]2Cc3ccc(O)cc3[C@]1(C)CCN2C[C@@H]1CCCO1. The molecule has 2 heterocycles. The summed E-state index contributed by atoms with van der Waals surface area (Å²) in [5, 5.41) is 9.90. The Morgan fingerprint density at radius 1 is 1.41 bits per heavy atom. The molecule has 3 aliphatic rings. The summed E-state index contributed by atoms with van der Waals surface area (Å²) in [4.78, 5) is 2.68. The molecule has 2 fully saturated rings. The van der Waals surface area contributed by atoms with Gasteiger partial charge in [0.05, 0.1) is 6.10 Å². The highest BCUT2D eigenvalue weighted by molar-refractivity contribution is 5.44. The zero-order chi connectivity index (χ0) is 15.3. The number of piperidine rings is 1. The molecular weight excluding hydrogens is 274 g/mol. The van der Waals surface area contributed by atoms with Crippen LogP contribution >= 0.6 is 0 Å². The van der Waals surface area contributed by atoms with Gasteiger partial charge in [-0.2, -0.15) is 0 Å². The van der Waals surface area contributed by atoms with E-state index in [0.29, 0.717) is 23.8 Å². The zero-order valence-corrected chi connectivity index (χ0v) is 13.7. The highest BCUT2D eigenvalue weighted by Crippen LogP contribution is 2.49. The van der Waals surface area contributed by atoms with Gasteiger partial charge in [0.1, 0.15) is 5.75 Å². The predicted octanol–water partition coefficient (Wildman–Crippen LogP) is 3.10. The van der Waals surface area contributed by atoms with Gasteiger partial charge in [0.25, 0.3) is 0 Å². The Kier molecular flexibility index (Phi) is 3.46. The van der Waals surface area contributed by atoms with Crippen molar-refractivity contribution in [2.24, 2.45) is 5.92 Å². The predicted molar refractivity (Wildman–Crippen MR) is 87.3 cm³/mol. The summed E-state index contributed by atoms with van der Waals surface area (Å²) in [5.74, 6) is 1.03. The Morgan fingerprint density at radius 3 is 3.05 bits per heavy atom. The largest absolute Gasteiger partial charge is 0.508 e. The van der Waals surface area contributed by atoms with Crippen LogP contribution in [0.2, 0.25) is 0 Å². The molecule has 0 unspecified atom stereocenters. The van der Waals surface area contributed by atoms with Gasteiger partial charge < -0.3 is 9.84 Å². The van der Waals surface area contributed by atoms with Gasteiger partial charge in [-0.25, -0.2) is 0 Å². The average molecular weight is 301 g/mol. The third-order valence-corrected chi connectivity index (χ3v) is 6.57. The number of aromatic hydroxyl groups is 1. The first-order valence-electron chi connectivity index (χ1n) is 8.76. The molecule has 0 saturated carbocycles. The summed E-state index contributed by atoms with van der Waals surface area (Å²) in [6.45, 7) is 7.99. The molecule has 0 spiro atoms. The number of likely N-dealkylation sites (tertiary alicyclic amines) is 1. The van der Waals surface area contributed by atoms with Gasteiger partial charge in [0, 0.05) is 19.2 Å². The second-order valence-corrected chi connectivity index (χ2v) is 7.70. The Balaban J connectivity index is 1.63. The van der Waals surface area contributed by atoms with E-state index in [1.807, 2.05) is 12.1 Å². The fourth-order valence-electron chi connectivity index (χ4n) is 4.97. The topological polar surface area (TPSA) is 32.7 Å². The standard InChI is InChI=1S/C19H27NO2/c1-13-18-10-14-5-6-15(21)11-17(14)19(13,2)7-8-20(18)12-16-4-3-9-22-16/h5-6,11,13,16,18,21H,3-4,7-10,12H2,1-2H3/t13-,16+,18+,19-/m1/s1. The van der Waals surface area contributed by atoms with E-state index in [2.05, 4.69) is 24.8 Å². The van der Waals surface area contributed by atoms with Gasteiger partial charge in [-0.15, -0.1) is 0 Å². The maximum Gasteiger partial charge on any atom is 0.115 e. The quantitative estimate of drug-likeness (QED) is 0.911. The van der Waals surface area contributed by atoms with E-state index in [1.54, 1.807) is 0 Å². The molecule has 3 nitrogen and oxygen atoms in total. The van der Waals surface area contributed by atoms with Crippen molar-refractivity contribution < 1.29 is 9.84 Å². The van der Waals surface area contributed by atoms with Crippen molar-refractivity contribution in [2.75, 3.05) is 19.7 Å². The van der Waals surface area contributed by atoms with Crippen molar-refractivity contribution in [3.05, 3.63) is 29.3 Å². The first-order valence-corrected chi connectivity index (χ1v) is 8.76. The number of fused-ring (bicyclic) bond motifs is 4. The first kappa shape index (κ1) is 14.5. The minimum atomic E-state index is 0.198. The van der Waals surface area contributed by atoms with Crippen LogP contribution in [0.4, 0.5) is 0 Å². The number of benzene rings is 1. The Bertz CT molecular complexity index is 567. The number of phenols is 1. The molecule has 1 aromatic carbocycles. The molecule has 0 radical (unpaired) electrons. The normalized spacial score (nSPS) is 38.0. The van der Waals surface area contributed by atoms with E-state index >= 15 is 0 Å². The molecule has 2 aliphatic heterocycles. The molecule has 120 valence electrons. The van der Waals surface area contributed by atoms with Crippen LogP contribution < -0.4 is 0 Å². The molecule has 0 aromatic heterocycles. The summed E-state index contributed by atoms with van der Waals surface area (Å²) < 4.78 is 5.86. The van der Waals surface area contributed by atoms with E-state index in [4.69, 9.17) is 4.74 Å². The summed E-state index contributed by atoms with van der Waals surface area (Å²) in [5.41, 5.74) is 3.01. The second kappa shape index (κ2) is 5.24. The van der Waals surface area contributed by atoms with Gasteiger partial charge >= 0.3 is 0 Å². The van der Waals surface area contributed by atoms with Gasteiger partial charge in [-0.3, -0.25) is 4.90 Å². The summed E-state index contributed by atoms with van der Waals surface area (Å²) in [6.07, 6.45) is 5.17. The van der Waals surface area contributed by atoms with E-state index in [-0.39, 0.29) is 5.41 Å². The number of nitrogens with zero attached hydrogens (tertiary/aromatic N) is 1. The molecule has 0 amide bonds. The Labute approximate surface area is 133 Å². The third-order valence-electron chi connectivity index (χ3n) is 6.57. The maximum atomic E-state index is 9.90. The van der Waals surface area contributed by atoms with Gasteiger partial charge in [0.2, 0.25) is 0 Å². The monoisotopic (exact) mass is 301 g/mol. The Hall–Kier alpha value is -1.06. The maximum absolute atomic E-state index is 9.90. The van der Waals surface area contributed by atoms with Crippen molar-refractivity contribution in [1.29, 1.82) is 0 Å². The summed E-state index contributed by atoms with van der Waals surface area (Å²) in [7, 11) is 0. The van der Waals surface area contributed by atoms with E-state index in [0.717, 1.165) is 26.1 Å². The molecule has 1 aliphatic carbocycles. The van der Waals surface area contributed by atoms with E-state index in [1.165, 1.54) is 30.4 Å². The lowest BCUT2D eigenvalue weighted by Crippen LogP contribution is -2.59. The molecule has 22 heavy (non-hydrogen) atoms. The number of rotatable bonds is 2. The lowest BCUT2D eigenvalue weighted by atomic mass is 9.59. The van der Waals surface area contributed by atoms with Gasteiger partial charge in [-0.05, 0) is 66.8 Å². The summed E-state index contributed by atoms with van der Waals surface area (Å²) >= 11 is 0. The fourth-order valence-corrected chi connectivity index (χ4v) is 4.97. The van der Waals surface area contributed by atoms with Crippen LogP contribution in [0, 0.1) is 5.92 Å². The average Bonchev–Trinajstić information content (AvgIpc) is 3.00. The number of hydrogen-bond donors (Lipinski definition) is 1. The van der Waals surface area contributed by atoms with Gasteiger partial charge in [-0.1, -0.05) is 19.9 Å². The van der Waals surface area contributed by atoms with Crippen LogP contribution in [0.25, 0.3) is 0 Å². The van der Waals surface area contributed by atoms with Crippen molar-refractivity contribution in [1.82, 2.24) is 4.90 Å². The molecular formula is C19H27NO2. The van der Waals surface area contributed by atoms with Crippen molar-refractivity contribution in [3.8, 4) is 5.75 Å². The van der Waals surface area contributed by atoms with Crippen LogP contribution in [-0.4, -0.2) is 41.8 Å². The number of hydrogen-bond acceptors (Lipinski definition) is 3. The Morgan fingerprint density at radius 2 is 2.27 bits per heavy atom. The molecule has 3 heteroatoms. The van der Waals surface area contributed by atoms with Crippen LogP contribution in [0.3, 0.4) is 0 Å². The van der Waals surface area contributed by atoms with Crippen LogP contribution in [-0.2, 0) is 16.6 Å². The molecule has 1 N–H and O–H groups in total. The molecule has 2 bridgehead atoms. The molecule has 4 atom stereocenters. The van der Waals surface area contributed by atoms with E-state index < -0.39 is 0 Å². The minimum absolute atomic E-state index is 0.198. The third kappa shape index (κ3) is 2.17. The lowest BCUT2D eigenvalue weighted by molar-refractivity contribution is -0.00671. The molecule has 4 rings (SSSR count). The summed E-state index contributed by atoms with van der Waals surface area (Å²) in [6, 6.07) is 6.60. The van der Waals surface area contributed by atoms with Gasteiger partial charge in [0.15, 0.2) is 0 Å². The molecule has 2 saturated heterocycles. The smallest absolute Gasteiger partial charge is 0.115 e.